The average Bonchev–Trinajstić information content (AvgIpc) is 2.48. The van der Waals surface area contributed by atoms with Gasteiger partial charge in [0.25, 0.3) is 0 Å². The number of rotatable bonds is 6. The van der Waals surface area contributed by atoms with Gasteiger partial charge in [-0.1, -0.05) is 38.8 Å². The summed E-state index contributed by atoms with van der Waals surface area (Å²) in [7, 11) is 0. The lowest BCUT2D eigenvalue weighted by Gasteiger charge is -2.34. The molecule has 1 aromatic carbocycles. The molecular weight excluding hydrogens is 258 g/mol. The second kappa shape index (κ2) is 7.84. The van der Waals surface area contributed by atoms with E-state index in [1.54, 1.807) is 0 Å². The summed E-state index contributed by atoms with van der Waals surface area (Å²) in [5.74, 6) is 2.67. The molecule has 0 aliphatic heterocycles. The van der Waals surface area contributed by atoms with Crippen molar-refractivity contribution >= 4 is 0 Å². The van der Waals surface area contributed by atoms with Crippen molar-refractivity contribution in [2.24, 2.45) is 11.8 Å². The van der Waals surface area contributed by atoms with Gasteiger partial charge in [0.15, 0.2) is 0 Å². The van der Waals surface area contributed by atoms with Gasteiger partial charge in [0, 0.05) is 12.1 Å². The van der Waals surface area contributed by atoms with Gasteiger partial charge in [-0.15, -0.1) is 0 Å². The van der Waals surface area contributed by atoms with Gasteiger partial charge in [-0.25, -0.2) is 0 Å². The van der Waals surface area contributed by atoms with Gasteiger partial charge < -0.3 is 10.1 Å². The highest BCUT2D eigenvalue weighted by molar-refractivity contribution is 5.29. The first-order valence-corrected chi connectivity index (χ1v) is 8.59. The van der Waals surface area contributed by atoms with Gasteiger partial charge in [0.1, 0.15) is 5.75 Å². The molecule has 0 bridgehead atoms. The fourth-order valence-electron chi connectivity index (χ4n) is 3.45. The van der Waals surface area contributed by atoms with Crippen LogP contribution in [0.2, 0.25) is 0 Å². The highest BCUT2D eigenvalue weighted by Crippen LogP contribution is 2.31. The maximum atomic E-state index is 5.51. The van der Waals surface area contributed by atoms with E-state index in [1.165, 1.54) is 31.2 Å². The molecule has 3 unspecified atom stereocenters. The van der Waals surface area contributed by atoms with Crippen molar-refractivity contribution in [1.29, 1.82) is 0 Å². The topological polar surface area (TPSA) is 21.3 Å². The number of benzene rings is 1. The van der Waals surface area contributed by atoms with Crippen LogP contribution in [0, 0.1) is 11.8 Å². The zero-order valence-electron chi connectivity index (χ0n) is 14.1. The monoisotopic (exact) mass is 289 g/mol. The number of nitrogens with one attached hydrogen (secondary N) is 1. The molecule has 0 heterocycles. The summed E-state index contributed by atoms with van der Waals surface area (Å²) < 4.78 is 5.51. The van der Waals surface area contributed by atoms with Crippen molar-refractivity contribution in [1.82, 2.24) is 5.32 Å². The van der Waals surface area contributed by atoms with Crippen LogP contribution in [-0.2, 0) is 0 Å². The fraction of sp³-hybridized carbons (Fsp3) is 0.684. The van der Waals surface area contributed by atoms with E-state index in [0.29, 0.717) is 12.1 Å². The summed E-state index contributed by atoms with van der Waals surface area (Å²) in [6, 6.07) is 9.62. The molecule has 2 rings (SSSR count). The number of hydrogen-bond acceptors (Lipinski definition) is 2. The molecule has 0 amide bonds. The molecule has 0 spiro atoms. The molecule has 21 heavy (non-hydrogen) atoms. The Morgan fingerprint density at radius 2 is 1.86 bits per heavy atom. The van der Waals surface area contributed by atoms with Crippen LogP contribution in [0.5, 0.6) is 5.75 Å². The van der Waals surface area contributed by atoms with Crippen LogP contribution in [0.15, 0.2) is 24.3 Å². The van der Waals surface area contributed by atoms with E-state index in [1.807, 2.05) is 6.92 Å². The summed E-state index contributed by atoms with van der Waals surface area (Å²) in [6.07, 6.45) is 5.44. The van der Waals surface area contributed by atoms with Crippen molar-refractivity contribution in [3.05, 3.63) is 29.8 Å². The Morgan fingerprint density at radius 1 is 1.14 bits per heavy atom. The lowest BCUT2D eigenvalue weighted by molar-refractivity contribution is 0.223. The molecule has 0 radical (unpaired) electrons. The minimum absolute atomic E-state index is 0.414. The van der Waals surface area contributed by atoms with Crippen molar-refractivity contribution in [3.8, 4) is 5.75 Å². The molecule has 1 aliphatic rings. The highest BCUT2D eigenvalue weighted by Gasteiger charge is 2.25. The van der Waals surface area contributed by atoms with Gasteiger partial charge in [-0.2, -0.15) is 0 Å². The zero-order chi connectivity index (χ0) is 15.2. The number of ether oxygens (including phenoxy) is 1. The summed E-state index contributed by atoms with van der Waals surface area (Å²) in [6.45, 7) is 9.75. The van der Waals surface area contributed by atoms with Crippen LogP contribution >= 0.6 is 0 Å². The van der Waals surface area contributed by atoms with Crippen LogP contribution < -0.4 is 10.1 Å². The Labute approximate surface area is 130 Å². The molecule has 1 saturated carbocycles. The molecule has 118 valence electrons. The Bertz CT molecular complexity index is 412. The molecule has 1 N–H and O–H groups in total. The molecule has 0 aromatic heterocycles. The third-order valence-electron chi connectivity index (χ3n) is 4.83. The predicted octanol–water partition coefficient (Wildman–Crippen LogP) is 4.95. The normalized spacial score (nSPS) is 24.0. The molecular formula is C19H31NO. The molecule has 0 saturated heterocycles. The zero-order valence-corrected chi connectivity index (χ0v) is 14.1. The third-order valence-corrected chi connectivity index (χ3v) is 4.83. The Balaban J connectivity index is 1.89. The lowest BCUT2D eigenvalue weighted by Crippen LogP contribution is -2.37. The van der Waals surface area contributed by atoms with E-state index in [-0.39, 0.29) is 0 Å². The van der Waals surface area contributed by atoms with E-state index in [9.17, 15) is 0 Å². The van der Waals surface area contributed by atoms with Crippen LogP contribution in [0.1, 0.15) is 65.0 Å². The minimum atomic E-state index is 0.414. The standard InChI is InChI=1S/C19H31NO/c1-5-21-19-11-9-16(10-12-19)15(4)20-18-8-6-7-17(13-18)14(2)3/h9-12,14-15,17-18,20H,5-8,13H2,1-4H3. The predicted molar refractivity (Wildman–Crippen MR) is 89.7 cm³/mol. The second-order valence-corrected chi connectivity index (χ2v) is 6.76. The number of hydrogen-bond donors (Lipinski definition) is 1. The molecule has 2 nitrogen and oxygen atoms in total. The van der Waals surface area contributed by atoms with Gasteiger partial charge in [-0.3, -0.25) is 0 Å². The first-order chi connectivity index (χ1) is 10.1. The van der Waals surface area contributed by atoms with Crippen LogP contribution in [0.25, 0.3) is 0 Å². The van der Waals surface area contributed by atoms with Crippen molar-refractivity contribution in [2.45, 2.75) is 65.5 Å². The minimum Gasteiger partial charge on any atom is -0.494 e. The average molecular weight is 289 g/mol. The van der Waals surface area contributed by atoms with Gasteiger partial charge in [-0.05, 0) is 56.2 Å². The van der Waals surface area contributed by atoms with Crippen LogP contribution in [-0.4, -0.2) is 12.6 Å². The maximum absolute atomic E-state index is 5.51. The highest BCUT2D eigenvalue weighted by atomic mass is 16.5. The smallest absolute Gasteiger partial charge is 0.119 e. The SMILES string of the molecule is CCOc1ccc(C(C)NC2CCCC(C(C)C)C2)cc1. The van der Waals surface area contributed by atoms with Crippen LogP contribution in [0.3, 0.4) is 0 Å². The van der Waals surface area contributed by atoms with Crippen molar-refractivity contribution in [3.63, 3.8) is 0 Å². The summed E-state index contributed by atoms with van der Waals surface area (Å²) >= 11 is 0. The summed E-state index contributed by atoms with van der Waals surface area (Å²) in [5.41, 5.74) is 1.35. The fourth-order valence-corrected chi connectivity index (χ4v) is 3.45. The quantitative estimate of drug-likeness (QED) is 0.800. The Hall–Kier alpha value is -1.02. The van der Waals surface area contributed by atoms with Crippen molar-refractivity contribution < 1.29 is 4.74 Å². The van der Waals surface area contributed by atoms with E-state index < -0.39 is 0 Å². The van der Waals surface area contributed by atoms with E-state index in [2.05, 4.69) is 50.4 Å². The molecule has 3 atom stereocenters. The van der Waals surface area contributed by atoms with Gasteiger partial charge >= 0.3 is 0 Å². The maximum Gasteiger partial charge on any atom is 0.119 e. The largest absolute Gasteiger partial charge is 0.494 e. The van der Waals surface area contributed by atoms with E-state index in [0.717, 1.165) is 24.2 Å². The van der Waals surface area contributed by atoms with Crippen LogP contribution in [0.4, 0.5) is 0 Å². The van der Waals surface area contributed by atoms with Gasteiger partial charge in [0.2, 0.25) is 0 Å². The van der Waals surface area contributed by atoms with E-state index in [4.69, 9.17) is 4.74 Å². The van der Waals surface area contributed by atoms with E-state index >= 15 is 0 Å². The molecule has 2 heteroatoms. The molecule has 1 aliphatic carbocycles. The van der Waals surface area contributed by atoms with Crippen molar-refractivity contribution in [2.75, 3.05) is 6.61 Å². The van der Waals surface area contributed by atoms with Gasteiger partial charge in [0.05, 0.1) is 6.61 Å². The lowest BCUT2D eigenvalue weighted by atomic mass is 9.79. The summed E-state index contributed by atoms with van der Waals surface area (Å²) in [5, 5.41) is 3.83. The first kappa shape index (κ1) is 16.4. The molecule has 1 fully saturated rings. The Morgan fingerprint density at radius 3 is 2.48 bits per heavy atom. The Kier molecular flexibility index (Phi) is 6.10. The third kappa shape index (κ3) is 4.74. The first-order valence-electron chi connectivity index (χ1n) is 8.59. The molecule has 1 aromatic rings. The second-order valence-electron chi connectivity index (χ2n) is 6.76. The summed E-state index contributed by atoms with van der Waals surface area (Å²) in [4.78, 5) is 0.